The molecule has 1 aromatic carbocycles. The third-order valence-electron chi connectivity index (χ3n) is 3.42. The van der Waals surface area contributed by atoms with E-state index in [4.69, 9.17) is 0 Å². The second-order valence-corrected chi connectivity index (χ2v) is 6.23. The number of nitrogens with zero attached hydrogens (tertiary/aromatic N) is 3. The predicted molar refractivity (Wildman–Crippen MR) is 95.9 cm³/mol. The molecule has 5 nitrogen and oxygen atoms in total. The van der Waals surface area contributed by atoms with Gasteiger partial charge < -0.3 is 9.88 Å². The summed E-state index contributed by atoms with van der Waals surface area (Å²) < 4.78 is 2.08. The Hall–Kier alpha value is -2.60. The van der Waals surface area contributed by atoms with E-state index >= 15 is 0 Å². The van der Waals surface area contributed by atoms with Crippen LogP contribution in [0.3, 0.4) is 0 Å². The molecule has 0 aliphatic heterocycles. The molecule has 3 rings (SSSR count). The predicted octanol–water partition coefficient (Wildman–Crippen LogP) is 3.58. The third kappa shape index (κ3) is 4.23. The zero-order valence-corrected chi connectivity index (χ0v) is 14.2. The quantitative estimate of drug-likeness (QED) is 0.698. The van der Waals surface area contributed by atoms with Gasteiger partial charge in [-0.15, -0.1) is 0 Å². The first-order valence-electron chi connectivity index (χ1n) is 7.62. The largest absolute Gasteiger partial charge is 0.326 e. The molecule has 0 radical (unpaired) electrons. The fourth-order valence-corrected chi connectivity index (χ4v) is 3.29. The molecule has 0 bridgehead atoms. The van der Waals surface area contributed by atoms with Crippen LogP contribution in [-0.4, -0.2) is 20.4 Å². The molecule has 1 amide bonds. The molecule has 0 saturated heterocycles. The van der Waals surface area contributed by atoms with E-state index < -0.39 is 0 Å². The van der Waals surface area contributed by atoms with Gasteiger partial charge in [-0.2, -0.15) is 0 Å². The average molecular weight is 338 g/mol. The number of amides is 1. The lowest BCUT2D eigenvalue weighted by Gasteiger charge is -2.10. The van der Waals surface area contributed by atoms with E-state index in [1.54, 1.807) is 24.2 Å². The number of imidazole rings is 1. The maximum atomic E-state index is 11.3. The SMILES string of the molecule is CC(=O)Nc1ccccc1CSc1nccn1Cc1ccccn1. The first-order chi connectivity index (χ1) is 11.7. The summed E-state index contributed by atoms with van der Waals surface area (Å²) in [5.41, 5.74) is 2.92. The molecule has 24 heavy (non-hydrogen) atoms. The summed E-state index contributed by atoms with van der Waals surface area (Å²) in [6.07, 6.45) is 5.55. The van der Waals surface area contributed by atoms with Gasteiger partial charge in [0.15, 0.2) is 5.16 Å². The molecule has 0 atom stereocenters. The van der Waals surface area contributed by atoms with Crippen molar-refractivity contribution in [2.45, 2.75) is 24.4 Å². The minimum Gasteiger partial charge on any atom is -0.326 e. The van der Waals surface area contributed by atoms with Crippen molar-refractivity contribution in [2.75, 3.05) is 5.32 Å². The van der Waals surface area contributed by atoms with E-state index in [-0.39, 0.29) is 5.91 Å². The molecule has 0 unspecified atom stereocenters. The molecule has 6 heteroatoms. The summed E-state index contributed by atoms with van der Waals surface area (Å²) in [4.78, 5) is 20.1. The van der Waals surface area contributed by atoms with Crippen molar-refractivity contribution in [3.63, 3.8) is 0 Å². The second-order valence-electron chi connectivity index (χ2n) is 5.29. The average Bonchev–Trinajstić information content (AvgIpc) is 3.01. The number of hydrogen-bond acceptors (Lipinski definition) is 4. The van der Waals surface area contributed by atoms with Crippen LogP contribution >= 0.6 is 11.8 Å². The molecular formula is C18H18N4OS. The lowest BCUT2D eigenvalue weighted by Crippen LogP contribution is -2.08. The minimum absolute atomic E-state index is 0.0656. The van der Waals surface area contributed by atoms with Crippen molar-refractivity contribution in [3.8, 4) is 0 Å². The number of anilines is 1. The number of para-hydroxylation sites is 1. The van der Waals surface area contributed by atoms with Gasteiger partial charge in [-0.05, 0) is 23.8 Å². The summed E-state index contributed by atoms with van der Waals surface area (Å²) in [5.74, 6) is 0.666. The first-order valence-corrected chi connectivity index (χ1v) is 8.60. The Morgan fingerprint density at radius 1 is 1.12 bits per heavy atom. The zero-order chi connectivity index (χ0) is 16.8. The van der Waals surface area contributed by atoms with Crippen molar-refractivity contribution in [1.29, 1.82) is 0 Å². The number of carbonyl (C=O) groups is 1. The van der Waals surface area contributed by atoms with Crippen molar-refractivity contribution >= 4 is 23.4 Å². The number of carbonyl (C=O) groups excluding carboxylic acids is 1. The van der Waals surface area contributed by atoms with Gasteiger partial charge in [0.1, 0.15) is 0 Å². The number of benzene rings is 1. The summed E-state index contributed by atoms with van der Waals surface area (Å²) in [5, 5.41) is 3.80. The van der Waals surface area contributed by atoms with Gasteiger partial charge in [0.05, 0.1) is 12.2 Å². The highest BCUT2D eigenvalue weighted by Gasteiger charge is 2.08. The molecule has 1 N–H and O–H groups in total. The van der Waals surface area contributed by atoms with Crippen molar-refractivity contribution in [1.82, 2.24) is 14.5 Å². The second kappa shape index (κ2) is 7.79. The number of rotatable bonds is 6. The summed E-state index contributed by atoms with van der Waals surface area (Å²) in [7, 11) is 0. The third-order valence-corrected chi connectivity index (χ3v) is 4.47. The van der Waals surface area contributed by atoms with E-state index in [1.807, 2.05) is 48.7 Å². The van der Waals surface area contributed by atoms with Crippen molar-refractivity contribution in [3.05, 3.63) is 72.3 Å². The van der Waals surface area contributed by atoms with Crippen LogP contribution < -0.4 is 5.32 Å². The van der Waals surface area contributed by atoms with Crippen LogP contribution in [0.2, 0.25) is 0 Å². The highest BCUT2D eigenvalue weighted by molar-refractivity contribution is 7.98. The molecule has 0 fully saturated rings. The Kier molecular flexibility index (Phi) is 5.28. The number of hydrogen-bond donors (Lipinski definition) is 1. The van der Waals surface area contributed by atoms with Crippen molar-refractivity contribution < 1.29 is 4.79 Å². The monoisotopic (exact) mass is 338 g/mol. The summed E-state index contributed by atoms with van der Waals surface area (Å²) in [6.45, 7) is 2.21. The van der Waals surface area contributed by atoms with E-state index in [0.717, 1.165) is 27.9 Å². The fraction of sp³-hybridized carbons (Fsp3) is 0.167. The maximum absolute atomic E-state index is 11.3. The standard InChI is InChI=1S/C18H18N4OS/c1-14(23)21-17-8-3-2-6-15(17)13-24-18-20-10-11-22(18)12-16-7-4-5-9-19-16/h2-11H,12-13H2,1H3,(H,21,23). The number of thioether (sulfide) groups is 1. The highest BCUT2D eigenvalue weighted by atomic mass is 32.2. The van der Waals surface area contributed by atoms with Crippen LogP contribution in [0.15, 0.2) is 66.2 Å². The molecular weight excluding hydrogens is 320 g/mol. The molecule has 3 aromatic rings. The topological polar surface area (TPSA) is 59.8 Å². The van der Waals surface area contributed by atoms with Gasteiger partial charge >= 0.3 is 0 Å². The van der Waals surface area contributed by atoms with Crippen molar-refractivity contribution in [2.24, 2.45) is 0 Å². The maximum Gasteiger partial charge on any atom is 0.221 e. The van der Waals surface area contributed by atoms with E-state index in [0.29, 0.717) is 6.54 Å². The van der Waals surface area contributed by atoms with Crippen LogP contribution in [0.25, 0.3) is 0 Å². The minimum atomic E-state index is -0.0656. The van der Waals surface area contributed by atoms with E-state index in [1.165, 1.54) is 6.92 Å². The molecule has 0 aliphatic rings. The van der Waals surface area contributed by atoms with Gasteiger partial charge in [0, 0.05) is 37.0 Å². The molecule has 122 valence electrons. The first kappa shape index (κ1) is 16.3. The molecule has 0 saturated carbocycles. The molecule has 2 aromatic heterocycles. The molecule has 2 heterocycles. The summed E-state index contributed by atoms with van der Waals surface area (Å²) in [6, 6.07) is 13.7. The number of nitrogens with one attached hydrogen (secondary N) is 1. The van der Waals surface area contributed by atoms with Crippen LogP contribution in [0, 0.1) is 0 Å². The van der Waals surface area contributed by atoms with E-state index in [9.17, 15) is 4.79 Å². The Bertz CT molecular complexity index is 817. The van der Waals surface area contributed by atoms with Gasteiger partial charge in [0.2, 0.25) is 5.91 Å². The number of aromatic nitrogens is 3. The Morgan fingerprint density at radius 2 is 1.96 bits per heavy atom. The van der Waals surface area contributed by atoms with Crippen LogP contribution in [0.4, 0.5) is 5.69 Å². The molecule has 0 aliphatic carbocycles. The summed E-state index contributed by atoms with van der Waals surface area (Å²) >= 11 is 1.64. The number of pyridine rings is 1. The Balaban J connectivity index is 1.70. The van der Waals surface area contributed by atoms with Gasteiger partial charge in [-0.1, -0.05) is 36.0 Å². The lowest BCUT2D eigenvalue weighted by atomic mass is 10.2. The smallest absolute Gasteiger partial charge is 0.221 e. The van der Waals surface area contributed by atoms with Gasteiger partial charge in [0.25, 0.3) is 0 Å². The normalized spacial score (nSPS) is 10.5. The van der Waals surface area contributed by atoms with Gasteiger partial charge in [-0.3, -0.25) is 9.78 Å². The highest BCUT2D eigenvalue weighted by Crippen LogP contribution is 2.26. The lowest BCUT2D eigenvalue weighted by molar-refractivity contribution is -0.114. The van der Waals surface area contributed by atoms with Crippen LogP contribution in [0.5, 0.6) is 0 Å². The fourth-order valence-electron chi connectivity index (χ4n) is 2.32. The Morgan fingerprint density at radius 3 is 2.75 bits per heavy atom. The van der Waals surface area contributed by atoms with Crippen LogP contribution in [-0.2, 0) is 17.1 Å². The molecule has 0 spiro atoms. The van der Waals surface area contributed by atoms with Crippen LogP contribution in [0.1, 0.15) is 18.2 Å². The zero-order valence-electron chi connectivity index (χ0n) is 13.3. The Labute approximate surface area is 145 Å². The van der Waals surface area contributed by atoms with E-state index in [2.05, 4.69) is 19.9 Å². The van der Waals surface area contributed by atoms with Gasteiger partial charge in [-0.25, -0.2) is 4.98 Å².